The van der Waals surface area contributed by atoms with Gasteiger partial charge in [-0.1, -0.05) is 6.92 Å². The Morgan fingerprint density at radius 2 is 2.35 bits per heavy atom. The Bertz CT molecular complexity index is 607. The molecule has 4 heteroatoms. The van der Waals surface area contributed by atoms with Gasteiger partial charge in [0, 0.05) is 18.3 Å². The lowest BCUT2D eigenvalue weighted by Crippen LogP contribution is -2.41. The highest BCUT2D eigenvalue weighted by Crippen LogP contribution is 2.30. The van der Waals surface area contributed by atoms with E-state index < -0.39 is 0 Å². The number of ether oxygens (including phenoxy) is 1. The van der Waals surface area contributed by atoms with Gasteiger partial charge in [-0.25, -0.2) is 4.98 Å². The number of aromatic nitrogens is 2. The maximum atomic E-state index is 5.90. The van der Waals surface area contributed by atoms with Crippen LogP contribution in [0.15, 0.2) is 18.2 Å². The number of hydrogen-bond acceptors (Lipinski definition) is 3. The summed E-state index contributed by atoms with van der Waals surface area (Å²) < 4.78 is 5.90. The van der Waals surface area contributed by atoms with E-state index in [0.717, 1.165) is 48.4 Å². The van der Waals surface area contributed by atoms with Crippen LogP contribution in [-0.2, 0) is 4.74 Å². The van der Waals surface area contributed by atoms with Gasteiger partial charge in [-0.2, -0.15) is 0 Å². The number of fused-ring (bicyclic) bond motifs is 1. The van der Waals surface area contributed by atoms with E-state index in [1.807, 2.05) is 6.92 Å². The maximum absolute atomic E-state index is 5.90. The van der Waals surface area contributed by atoms with Crippen LogP contribution in [0.3, 0.4) is 0 Å². The van der Waals surface area contributed by atoms with Crippen molar-refractivity contribution in [3.63, 3.8) is 0 Å². The van der Waals surface area contributed by atoms with Crippen molar-refractivity contribution < 1.29 is 4.74 Å². The van der Waals surface area contributed by atoms with Crippen LogP contribution in [0.2, 0.25) is 0 Å². The van der Waals surface area contributed by atoms with E-state index in [1.54, 1.807) is 0 Å². The van der Waals surface area contributed by atoms with Gasteiger partial charge in [-0.05, 0) is 51.3 Å². The Kier molecular flexibility index (Phi) is 3.42. The molecule has 1 aromatic carbocycles. The monoisotopic (exact) mass is 273 g/mol. The molecule has 2 aromatic rings. The van der Waals surface area contributed by atoms with Gasteiger partial charge in [-0.15, -0.1) is 0 Å². The van der Waals surface area contributed by atoms with Crippen molar-refractivity contribution >= 4 is 16.7 Å². The molecule has 0 amide bonds. The Morgan fingerprint density at radius 1 is 1.50 bits per heavy atom. The molecule has 0 saturated carbocycles. The number of rotatable bonds is 3. The number of aromatic amines is 1. The van der Waals surface area contributed by atoms with Crippen LogP contribution in [-0.4, -0.2) is 28.2 Å². The van der Waals surface area contributed by atoms with Crippen LogP contribution in [0.4, 0.5) is 5.69 Å². The largest absolute Gasteiger partial charge is 0.382 e. The fourth-order valence-corrected chi connectivity index (χ4v) is 2.96. The molecule has 2 unspecified atom stereocenters. The Labute approximate surface area is 119 Å². The molecule has 2 N–H and O–H groups in total. The van der Waals surface area contributed by atoms with Gasteiger partial charge in [0.2, 0.25) is 0 Å². The van der Waals surface area contributed by atoms with E-state index in [9.17, 15) is 0 Å². The molecule has 2 atom stereocenters. The molecule has 1 aliphatic heterocycles. The van der Waals surface area contributed by atoms with E-state index in [0.29, 0.717) is 6.04 Å². The molecule has 3 rings (SSSR count). The predicted octanol–water partition coefficient (Wildman–Crippen LogP) is 3.63. The Hall–Kier alpha value is -1.55. The molecule has 0 radical (unpaired) electrons. The molecule has 1 fully saturated rings. The van der Waals surface area contributed by atoms with Gasteiger partial charge in [0.15, 0.2) is 0 Å². The first-order valence-electron chi connectivity index (χ1n) is 7.45. The Balaban J connectivity index is 1.75. The lowest BCUT2D eigenvalue weighted by Gasteiger charge is -2.38. The third-order valence-corrected chi connectivity index (χ3v) is 4.31. The zero-order valence-corrected chi connectivity index (χ0v) is 12.5. The van der Waals surface area contributed by atoms with E-state index in [4.69, 9.17) is 4.74 Å². The summed E-state index contributed by atoms with van der Waals surface area (Å²) >= 11 is 0. The minimum atomic E-state index is 0.0184. The quantitative estimate of drug-likeness (QED) is 0.897. The minimum absolute atomic E-state index is 0.0184. The normalized spacial score (nSPS) is 26.9. The summed E-state index contributed by atoms with van der Waals surface area (Å²) in [5, 5.41) is 3.64. The topological polar surface area (TPSA) is 49.9 Å². The first-order chi connectivity index (χ1) is 9.58. The van der Waals surface area contributed by atoms with Crippen molar-refractivity contribution in [3.05, 3.63) is 24.0 Å². The fraction of sp³-hybridized carbons (Fsp3) is 0.562. The van der Waals surface area contributed by atoms with Gasteiger partial charge in [0.05, 0.1) is 16.6 Å². The zero-order valence-electron chi connectivity index (χ0n) is 12.5. The maximum Gasteiger partial charge on any atom is 0.104 e. The van der Waals surface area contributed by atoms with Crippen LogP contribution in [0, 0.1) is 6.92 Å². The molecule has 108 valence electrons. The summed E-state index contributed by atoms with van der Waals surface area (Å²) in [4.78, 5) is 7.72. The zero-order chi connectivity index (χ0) is 14.2. The molecule has 20 heavy (non-hydrogen) atoms. The average Bonchev–Trinajstić information content (AvgIpc) is 2.78. The van der Waals surface area contributed by atoms with Gasteiger partial charge >= 0.3 is 0 Å². The number of benzene rings is 1. The lowest BCUT2D eigenvalue weighted by atomic mass is 9.90. The third-order valence-electron chi connectivity index (χ3n) is 4.31. The molecular formula is C16H23N3O. The van der Waals surface area contributed by atoms with Crippen LogP contribution >= 0.6 is 0 Å². The minimum Gasteiger partial charge on any atom is -0.382 e. The van der Waals surface area contributed by atoms with Crippen molar-refractivity contribution in [2.75, 3.05) is 11.9 Å². The van der Waals surface area contributed by atoms with Crippen LogP contribution in [0.1, 0.15) is 38.9 Å². The number of imidazole rings is 1. The van der Waals surface area contributed by atoms with E-state index in [-0.39, 0.29) is 5.60 Å². The van der Waals surface area contributed by atoms with Crippen LogP contribution in [0.25, 0.3) is 11.0 Å². The van der Waals surface area contributed by atoms with E-state index >= 15 is 0 Å². The third kappa shape index (κ3) is 2.66. The molecule has 2 heterocycles. The van der Waals surface area contributed by atoms with Crippen molar-refractivity contribution in [1.82, 2.24) is 9.97 Å². The number of nitrogens with zero attached hydrogens (tertiary/aromatic N) is 1. The van der Waals surface area contributed by atoms with Crippen LogP contribution < -0.4 is 5.32 Å². The summed E-state index contributed by atoms with van der Waals surface area (Å²) in [6.45, 7) is 7.23. The molecular weight excluding hydrogens is 250 g/mol. The summed E-state index contributed by atoms with van der Waals surface area (Å²) in [5.74, 6) is 0.960. The highest BCUT2D eigenvalue weighted by Gasteiger charge is 2.31. The van der Waals surface area contributed by atoms with Gasteiger partial charge < -0.3 is 15.0 Å². The second-order valence-corrected chi connectivity index (χ2v) is 6.04. The summed E-state index contributed by atoms with van der Waals surface area (Å²) in [7, 11) is 0. The predicted molar refractivity (Wildman–Crippen MR) is 82.1 cm³/mol. The second kappa shape index (κ2) is 5.09. The molecule has 0 spiro atoms. The molecule has 4 nitrogen and oxygen atoms in total. The summed E-state index contributed by atoms with van der Waals surface area (Å²) in [5.41, 5.74) is 3.30. The van der Waals surface area contributed by atoms with Crippen molar-refractivity contribution in [3.8, 4) is 0 Å². The summed E-state index contributed by atoms with van der Waals surface area (Å²) in [6.07, 6.45) is 3.18. The number of nitrogens with one attached hydrogen (secondary N) is 2. The van der Waals surface area contributed by atoms with E-state index in [1.165, 1.54) is 0 Å². The van der Waals surface area contributed by atoms with E-state index in [2.05, 4.69) is 47.3 Å². The first-order valence-corrected chi connectivity index (χ1v) is 7.45. The average molecular weight is 273 g/mol. The number of H-pyrrole nitrogens is 1. The molecule has 1 saturated heterocycles. The number of anilines is 1. The van der Waals surface area contributed by atoms with Crippen molar-refractivity contribution in [1.29, 1.82) is 0 Å². The van der Waals surface area contributed by atoms with Crippen molar-refractivity contribution in [2.45, 2.75) is 51.7 Å². The van der Waals surface area contributed by atoms with Crippen LogP contribution in [0.5, 0.6) is 0 Å². The second-order valence-electron chi connectivity index (χ2n) is 6.04. The molecule has 0 bridgehead atoms. The molecule has 1 aliphatic rings. The highest BCUT2D eigenvalue weighted by molar-refractivity contribution is 5.79. The first kappa shape index (κ1) is 13.4. The lowest BCUT2D eigenvalue weighted by molar-refractivity contribution is -0.0708. The smallest absolute Gasteiger partial charge is 0.104 e. The molecule has 0 aliphatic carbocycles. The van der Waals surface area contributed by atoms with Gasteiger partial charge in [0.1, 0.15) is 5.82 Å². The van der Waals surface area contributed by atoms with Crippen molar-refractivity contribution in [2.24, 2.45) is 0 Å². The standard InChI is InChI=1S/C16H23N3O/c1-4-16(3)10-13(7-8-20-16)19-12-5-6-14-15(9-12)18-11(2)17-14/h5-6,9,13,19H,4,7-8,10H2,1-3H3,(H,17,18). The summed E-state index contributed by atoms with van der Waals surface area (Å²) in [6, 6.07) is 6.81. The Morgan fingerprint density at radius 3 is 3.15 bits per heavy atom. The fourth-order valence-electron chi connectivity index (χ4n) is 2.96. The number of hydrogen-bond donors (Lipinski definition) is 2. The highest BCUT2D eigenvalue weighted by atomic mass is 16.5. The molecule has 1 aromatic heterocycles. The van der Waals surface area contributed by atoms with Gasteiger partial charge in [0.25, 0.3) is 0 Å². The SMILES string of the molecule is CCC1(C)CC(Nc2ccc3nc(C)[nH]c3c2)CCO1. The van der Waals surface area contributed by atoms with Gasteiger partial charge in [-0.3, -0.25) is 0 Å². The number of aryl methyl sites for hydroxylation is 1.